The lowest BCUT2D eigenvalue weighted by molar-refractivity contribution is -0.120. The minimum absolute atomic E-state index is 0.0571. The van der Waals surface area contributed by atoms with Gasteiger partial charge in [0.2, 0.25) is 5.91 Å². The van der Waals surface area contributed by atoms with Crippen molar-refractivity contribution < 1.29 is 4.79 Å². The van der Waals surface area contributed by atoms with Crippen LogP contribution in [0.25, 0.3) is 11.0 Å². The molecule has 1 amide bonds. The first-order valence-corrected chi connectivity index (χ1v) is 9.57. The van der Waals surface area contributed by atoms with Gasteiger partial charge in [0.1, 0.15) is 5.82 Å². The van der Waals surface area contributed by atoms with Crippen molar-refractivity contribution in [2.24, 2.45) is 0 Å². The van der Waals surface area contributed by atoms with Gasteiger partial charge in [-0.05, 0) is 31.2 Å². The summed E-state index contributed by atoms with van der Waals surface area (Å²) in [6.07, 6.45) is 0.472. The predicted octanol–water partition coefficient (Wildman–Crippen LogP) is 4.30. The van der Waals surface area contributed by atoms with Gasteiger partial charge in [-0.1, -0.05) is 35.9 Å². The molecule has 1 N–H and O–H groups in total. The molecule has 0 radical (unpaired) electrons. The average molecular weight is 374 g/mol. The van der Waals surface area contributed by atoms with Crippen LogP contribution in [0.5, 0.6) is 0 Å². The largest absolute Gasteiger partial charge is 0.354 e. The third-order valence-corrected chi connectivity index (χ3v) is 5.44. The number of hydrogen-bond acceptors (Lipinski definition) is 3. The van der Waals surface area contributed by atoms with E-state index < -0.39 is 0 Å². The smallest absolute Gasteiger partial charge is 0.220 e. The number of nitrogens with zero attached hydrogens (tertiary/aromatic N) is 2. The van der Waals surface area contributed by atoms with E-state index in [1.807, 2.05) is 49.4 Å². The van der Waals surface area contributed by atoms with Gasteiger partial charge < -0.3 is 9.88 Å². The first kappa shape index (κ1) is 17.8. The van der Waals surface area contributed by atoms with E-state index in [0.29, 0.717) is 18.7 Å². The van der Waals surface area contributed by atoms with E-state index in [-0.39, 0.29) is 5.91 Å². The molecule has 0 aliphatic heterocycles. The Labute approximate surface area is 156 Å². The Hall–Kier alpha value is -1.98. The molecular weight excluding hydrogens is 354 g/mol. The van der Waals surface area contributed by atoms with Crippen LogP contribution < -0.4 is 5.32 Å². The van der Waals surface area contributed by atoms with Crippen molar-refractivity contribution in [3.8, 4) is 0 Å². The number of amides is 1. The molecular formula is C19H20ClN3OS. The molecule has 4 nitrogen and oxygen atoms in total. The van der Waals surface area contributed by atoms with Crippen LogP contribution in [0.15, 0.2) is 53.4 Å². The number of halogens is 1. The Morgan fingerprint density at radius 1 is 1.20 bits per heavy atom. The summed E-state index contributed by atoms with van der Waals surface area (Å²) in [5, 5.41) is 3.71. The summed E-state index contributed by atoms with van der Waals surface area (Å²) in [6, 6.07) is 15.7. The molecule has 0 aliphatic carbocycles. The van der Waals surface area contributed by atoms with Gasteiger partial charge in [0.15, 0.2) is 0 Å². The van der Waals surface area contributed by atoms with Gasteiger partial charge in [0, 0.05) is 30.2 Å². The number of carbonyl (C=O) groups excluding carboxylic acids is 1. The van der Waals surface area contributed by atoms with Crippen molar-refractivity contribution in [3.05, 3.63) is 59.4 Å². The summed E-state index contributed by atoms with van der Waals surface area (Å²) in [5.74, 6) is 1.73. The quantitative estimate of drug-likeness (QED) is 0.628. The predicted molar refractivity (Wildman–Crippen MR) is 104 cm³/mol. The Morgan fingerprint density at radius 2 is 1.96 bits per heavy atom. The van der Waals surface area contributed by atoms with E-state index in [4.69, 9.17) is 11.6 Å². The zero-order valence-electron chi connectivity index (χ0n) is 14.0. The highest BCUT2D eigenvalue weighted by molar-refractivity contribution is 7.99. The maximum atomic E-state index is 12.0. The van der Waals surface area contributed by atoms with E-state index in [1.165, 1.54) is 0 Å². The number of carbonyl (C=O) groups is 1. The third-order valence-electron chi connectivity index (χ3n) is 3.93. The molecule has 25 heavy (non-hydrogen) atoms. The second-order valence-electron chi connectivity index (χ2n) is 5.68. The number of aromatic nitrogens is 2. The molecule has 0 atom stereocenters. The monoisotopic (exact) mass is 373 g/mol. The van der Waals surface area contributed by atoms with Gasteiger partial charge in [0.05, 0.1) is 16.1 Å². The van der Waals surface area contributed by atoms with Crippen LogP contribution in [0.1, 0.15) is 12.2 Å². The number of imidazole rings is 1. The molecule has 1 heterocycles. The van der Waals surface area contributed by atoms with Gasteiger partial charge in [-0.2, -0.15) is 0 Å². The van der Waals surface area contributed by atoms with Crippen LogP contribution >= 0.6 is 23.4 Å². The number of thioether (sulfide) groups is 1. The maximum Gasteiger partial charge on any atom is 0.220 e. The summed E-state index contributed by atoms with van der Waals surface area (Å²) in [7, 11) is 0. The SMILES string of the molecule is Cc1nc2ccccc2n1CCNC(=O)CCSc1ccccc1Cl. The normalized spacial score (nSPS) is 11.0. The van der Waals surface area contributed by atoms with Crippen LogP contribution in [0, 0.1) is 6.92 Å². The molecule has 2 aromatic carbocycles. The van der Waals surface area contributed by atoms with Crippen LogP contribution in [0.3, 0.4) is 0 Å². The molecule has 0 bridgehead atoms. The number of para-hydroxylation sites is 2. The van der Waals surface area contributed by atoms with E-state index in [9.17, 15) is 4.79 Å². The Morgan fingerprint density at radius 3 is 2.80 bits per heavy atom. The second kappa shape index (κ2) is 8.41. The van der Waals surface area contributed by atoms with Crippen molar-refractivity contribution >= 4 is 40.3 Å². The summed E-state index contributed by atoms with van der Waals surface area (Å²) in [5.41, 5.74) is 2.09. The van der Waals surface area contributed by atoms with Crippen LogP contribution in [-0.4, -0.2) is 27.8 Å². The molecule has 6 heteroatoms. The number of benzene rings is 2. The molecule has 0 saturated heterocycles. The summed E-state index contributed by atoms with van der Waals surface area (Å²) in [6.45, 7) is 3.30. The highest BCUT2D eigenvalue weighted by Crippen LogP contribution is 2.26. The molecule has 1 aromatic heterocycles. The highest BCUT2D eigenvalue weighted by atomic mass is 35.5. The highest BCUT2D eigenvalue weighted by Gasteiger charge is 2.07. The fourth-order valence-electron chi connectivity index (χ4n) is 2.69. The van der Waals surface area contributed by atoms with Crippen molar-refractivity contribution in [2.45, 2.75) is 24.8 Å². The standard InChI is InChI=1S/C19H20ClN3OS/c1-14-22-16-7-3-4-8-17(16)23(14)12-11-21-19(24)10-13-25-18-9-5-2-6-15(18)20/h2-9H,10-13H2,1H3,(H,21,24). The zero-order valence-corrected chi connectivity index (χ0v) is 15.6. The van der Waals surface area contributed by atoms with Crippen molar-refractivity contribution in [1.82, 2.24) is 14.9 Å². The zero-order chi connectivity index (χ0) is 17.6. The second-order valence-corrected chi connectivity index (χ2v) is 7.22. The number of aryl methyl sites for hydroxylation is 1. The van der Waals surface area contributed by atoms with Crippen molar-refractivity contribution in [1.29, 1.82) is 0 Å². The Balaban J connectivity index is 1.45. The molecule has 0 unspecified atom stereocenters. The lowest BCUT2D eigenvalue weighted by Crippen LogP contribution is -2.27. The Kier molecular flexibility index (Phi) is 6.00. The first-order valence-electron chi connectivity index (χ1n) is 8.21. The third kappa shape index (κ3) is 4.55. The molecule has 0 saturated carbocycles. The summed E-state index contributed by atoms with van der Waals surface area (Å²) < 4.78 is 2.13. The lowest BCUT2D eigenvalue weighted by atomic mass is 10.3. The van der Waals surface area contributed by atoms with Gasteiger partial charge in [-0.25, -0.2) is 4.98 Å². The summed E-state index contributed by atoms with van der Waals surface area (Å²) >= 11 is 7.72. The maximum absolute atomic E-state index is 12.0. The van der Waals surface area contributed by atoms with Crippen molar-refractivity contribution in [2.75, 3.05) is 12.3 Å². The molecule has 0 fully saturated rings. The van der Waals surface area contributed by atoms with E-state index in [1.54, 1.807) is 11.8 Å². The van der Waals surface area contributed by atoms with E-state index in [2.05, 4.69) is 20.9 Å². The fraction of sp³-hybridized carbons (Fsp3) is 0.263. The Bertz CT molecular complexity index is 878. The van der Waals surface area contributed by atoms with E-state index in [0.717, 1.165) is 33.3 Å². The van der Waals surface area contributed by atoms with Crippen molar-refractivity contribution in [3.63, 3.8) is 0 Å². The van der Waals surface area contributed by atoms with Gasteiger partial charge in [-0.3, -0.25) is 4.79 Å². The van der Waals surface area contributed by atoms with Crippen LogP contribution in [-0.2, 0) is 11.3 Å². The number of hydrogen-bond donors (Lipinski definition) is 1. The molecule has 0 aliphatic rings. The molecule has 3 rings (SSSR count). The first-order chi connectivity index (χ1) is 12.1. The van der Waals surface area contributed by atoms with Crippen LogP contribution in [0.2, 0.25) is 5.02 Å². The van der Waals surface area contributed by atoms with Gasteiger partial charge >= 0.3 is 0 Å². The fourth-order valence-corrected chi connectivity index (χ4v) is 3.88. The van der Waals surface area contributed by atoms with Crippen LogP contribution in [0.4, 0.5) is 0 Å². The molecule has 0 spiro atoms. The number of nitrogens with one attached hydrogen (secondary N) is 1. The molecule has 3 aromatic rings. The lowest BCUT2D eigenvalue weighted by Gasteiger charge is -2.09. The minimum atomic E-state index is 0.0571. The number of fused-ring (bicyclic) bond motifs is 1. The molecule has 130 valence electrons. The summed E-state index contributed by atoms with van der Waals surface area (Å²) in [4.78, 5) is 17.6. The number of rotatable bonds is 7. The van der Waals surface area contributed by atoms with Gasteiger partial charge in [-0.15, -0.1) is 11.8 Å². The topological polar surface area (TPSA) is 46.9 Å². The average Bonchev–Trinajstić information content (AvgIpc) is 2.92. The van der Waals surface area contributed by atoms with E-state index >= 15 is 0 Å². The van der Waals surface area contributed by atoms with Gasteiger partial charge in [0.25, 0.3) is 0 Å². The minimum Gasteiger partial charge on any atom is -0.354 e.